The third-order valence-corrected chi connectivity index (χ3v) is 3.82. The van der Waals surface area contributed by atoms with Crippen molar-refractivity contribution in [2.24, 2.45) is 5.92 Å². The number of hydrogen-bond acceptors (Lipinski definition) is 2. The lowest BCUT2D eigenvalue weighted by molar-refractivity contribution is 0.297. The molecule has 0 aliphatic rings. The van der Waals surface area contributed by atoms with E-state index >= 15 is 0 Å². The van der Waals surface area contributed by atoms with Crippen LogP contribution in [0.25, 0.3) is 0 Å². The summed E-state index contributed by atoms with van der Waals surface area (Å²) >= 11 is 17.7. The van der Waals surface area contributed by atoms with E-state index in [0.717, 1.165) is 6.54 Å². The molecule has 2 nitrogen and oxygen atoms in total. The van der Waals surface area contributed by atoms with E-state index in [1.54, 1.807) is 12.1 Å². The summed E-state index contributed by atoms with van der Waals surface area (Å²) in [6.45, 7) is 7.80. The first-order chi connectivity index (χ1) is 8.41. The summed E-state index contributed by atoms with van der Waals surface area (Å²) in [5.41, 5.74) is 0. The zero-order valence-corrected chi connectivity index (χ0v) is 13.0. The number of ether oxygens (including phenoxy) is 1. The van der Waals surface area contributed by atoms with Gasteiger partial charge in [-0.05, 0) is 18.9 Å². The van der Waals surface area contributed by atoms with Crippen molar-refractivity contribution in [1.29, 1.82) is 0 Å². The van der Waals surface area contributed by atoms with Crippen LogP contribution in [0, 0.1) is 5.92 Å². The molecule has 1 aromatic rings. The number of halogens is 3. The summed E-state index contributed by atoms with van der Waals surface area (Å²) in [5.74, 6) is 1.16. The molecule has 0 aliphatic carbocycles. The van der Waals surface area contributed by atoms with Crippen molar-refractivity contribution in [3.05, 3.63) is 27.2 Å². The monoisotopic (exact) mass is 309 g/mol. The zero-order valence-electron chi connectivity index (χ0n) is 10.8. The summed E-state index contributed by atoms with van der Waals surface area (Å²) < 4.78 is 5.57. The van der Waals surface area contributed by atoms with Crippen LogP contribution in [0.15, 0.2) is 12.1 Å². The molecular weight excluding hydrogens is 293 g/mol. The molecule has 0 saturated carbocycles. The molecule has 0 heterocycles. The van der Waals surface area contributed by atoms with Gasteiger partial charge in [0.05, 0.1) is 15.1 Å². The fourth-order valence-corrected chi connectivity index (χ4v) is 1.89. The summed E-state index contributed by atoms with van der Waals surface area (Å²) in [6, 6.07) is 3.68. The Morgan fingerprint density at radius 3 is 2.28 bits per heavy atom. The molecule has 0 radical (unpaired) electrons. The second kappa shape index (κ2) is 7.44. The van der Waals surface area contributed by atoms with Crippen molar-refractivity contribution in [2.45, 2.75) is 26.8 Å². The second-order valence-electron chi connectivity index (χ2n) is 4.53. The Morgan fingerprint density at radius 1 is 1.06 bits per heavy atom. The largest absolute Gasteiger partial charge is 0.491 e. The van der Waals surface area contributed by atoms with Crippen molar-refractivity contribution in [3.8, 4) is 5.75 Å². The SMILES string of the molecule is CC(C)C(C)NCCOc1cc(Cl)c(Cl)cc1Cl. The van der Waals surface area contributed by atoms with Crippen molar-refractivity contribution < 1.29 is 4.74 Å². The van der Waals surface area contributed by atoms with Crippen molar-refractivity contribution >= 4 is 34.8 Å². The van der Waals surface area contributed by atoms with Gasteiger partial charge >= 0.3 is 0 Å². The fraction of sp³-hybridized carbons (Fsp3) is 0.538. The number of rotatable bonds is 6. The van der Waals surface area contributed by atoms with Crippen LogP contribution < -0.4 is 10.1 Å². The highest BCUT2D eigenvalue weighted by atomic mass is 35.5. The first kappa shape index (κ1) is 15.9. The third-order valence-electron chi connectivity index (χ3n) is 2.80. The molecular formula is C13H18Cl3NO. The summed E-state index contributed by atoms with van der Waals surface area (Å²) in [5, 5.41) is 4.72. The standard InChI is InChI=1S/C13H18Cl3NO/c1-8(2)9(3)17-4-5-18-13-7-11(15)10(14)6-12(13)16/h6-9,17H,4-5H2,1-3H3. The lowest BCUT2D eigenvalue weighted by Gasteiger charge is -2.17. The van der Waals surface area contributed by atoms with Gasteiger partial charge in [0, 0.05) is 18.7 Å². The van der Waals surface area contributed by atoms with E-state index in [1.807, 2.05) is 0 Å². The highest BCUT2D eigenvalue weighted by Crippen LogP contribution is 2.33. The molecule has 18 heavy (non-hydrogen) atoms. The number of nitrogens with one attached hydrogen (secondary N) is 1. The maximum atomic E-state index is 6.00. The molecule has 1 N–H and O–H groups in total. The van der Waals surface area contributed by atoms with Crippen molar-refractivity contribution in [2.75, 3.05) is 13.2 Å². The Bertz CT molecular complexity index is 396. The topological polar surface area (TPSA) is 21.3 Å². The van der Waals surface area contributed by atoms with Gasteiger partial charge in [0.1, 0.15) is 12.4 Å². The predicted octanol–water partition coefficient (Wildman–Crippen LogP) is 4.66. The van der Waals surface area contributed by atoms with Crippen LogP contribution in [0.3, 0.4) is 0 Å². The highest BCUT2D eigenvalue weighted by molar-refractivity contribution is 6.43. The molecule has 5 heteroatoms. The maximum absolute atomic E-state index is 6.00. The predicted molar refractivity (Wildman–Crippen MR) is 79.3 cm³/mol. The van der Waals surface area contributed by atoms with Gasteiger partial charge in [0.15, 0.2) is 0 Å². The van der Waals surface area contributed by atoms with E-state index < -0.39 is 0 Å². The molecule has 1 aromatic carbocycles. The third kappa shape index (κ3) is 4.85. The van der Waals surface area contributed by atoms with Gasteiger partial charge in [0.2, 0.25) is 0 Å². The van der Waals surface area contributed by atoms with Gasteiger partial charge in [-0.25, -0.2) is 0 Å². The summed E-state index contributed by atoms with van der Waals surface area (Å²) in [6.07, 6.45) is 0. The number of benzene rings is 1. The Kier molecular flexibility index (Phi) is 6.58. The smallest absolute Gasteiger partial charge is 0.139 e. The molecule has 0 fully saturated rings. The van der Waals surface area contributed by atoms with E-state index in [2.05, 4.69) is 26.1 Å². The lowest BCUT2D eigenvalue weighted by atomic mass is 10.1. The van der Waals surface area contributed by atoms with E-state index in [4.69, 9.17) is 39.5 Å². The molecule has 0 aliphatic heterocycles. The van der Waals surface area contributed by atoms with Crippen LogP contribution in [0.5, 0.6) is 5.75 Å². The minimum Gasteiger partial charge on any atom is -0.491 e. The van der Waals surface area contributed by atoms with Crippen molar-refractivity contribution in [1.82, 2.24) is 5.32 Å². The molecule has 1 atom stereocenters. The van der Waals surface area contributed by atoms with Gasteiger partial charge in [-0.2, -0.15) is 0 Å². The molecule has 0 bridgehead atoms. The van der Waals surface area contributed by atoms with Crippen molar-refractivity contribution in [3.63, 3.8) is 0 Å². The Balaban J connectivity index is 2.42. The average molecular weight is 311 g/mol. The summed E-state index contributed by atoms with van der Waals surface area (Å²) in [7, 11) is 0. The van der Waals surface area contributed by atoms with Gasteiger partial charge in [-0.3, -0.25) is 0 Å². The van der Waals surface area contributed by atoms with Crippen LogP contribution in [-0.2, 0) is 0 Å². The van der Waals surface area contributed by atoms with Crippen LogP contribution in [0.4, 0.5) is 0 Å². The first-order valence-corrected chi connectivity index (χ1v) is 7.06. The van der Waals surface area contributed by atoms with Crippen LogP contribution in [0.1, 0.15) is 20.8 Å². The minimum atomic E-state index is 0.431. The first-order valence-electron chi connectivity index (χ1n) is 5.92. The maximum Gasteiger partial charge on any atom is 0.139 e. The fourth-order valence-electron chi connectivity index (χ4n) is 1.30. The minimum absolute atomic E-state index is 0.431. The second-order valence-corrected chi connectivity index (χ2v) is 5.75. The van der Waals surface area contributed by atoms with Crippen LogP contribution in [-0.4, -0.2) is 19.2 Å². The molecule has 0 saturated heterocycles. The van der Waals surface area contributed by atoms with Crippen LogP contribution >= 0.6 is 34.8 Å². The lowest BCUT2D eigenvalue weighted by Crippen LogP contribution is -2.33. The number of hydrogen-bond donors (Lipinski definition) is 1. The van der Waals surface area contributed by atoms with E-state index in [0.29, 0.717) is 39.4 Å². The molecule has 0 amide bonds. The Morgan fingerprint density at radius 2 is 1.67 bits per heavy atom. The van der Waals surface area contributed by atoms with Gasteiger partial charge in [-0.15, -0.1) is 0 Å². The average Bonchev–Trinajstić information content (AvgIpc) is 2.30. The molecule has 102 valence electrons. The van der Waals surface area contributed by atoms with Gasteiger partial charge in [-0.1, -0.05) is 48.7 Å². The molecule has 0 aromatic heterocycles. The Labute approximate surface area is 124 Å². The normalized spacial score (nSPS) is 12.8. The zero-order chi connectivity index (χ0) is 13.7. The molecule has 1 rings (SSSR count). The quantitative estimate of drug-likeness (QED) is 0.609. The van der Waals surface area contributed by atoms with E-state index in [1.165, 1.54) is 0 Å². The molecule has 0 spiro atoms. The van der Waals surface area contributed by atoms with Gasteiger partial charge < -0.3 is 10.1 Å². The van der Waals surface area contributed by atoms with Gasteiger partial charge in [0.25, 0.3) is 0 Å². The molecule has 1 unspecified atom stereocenters. The summed E-state index contributed by atoms with van der Waals surface area (Å²) in [4.78, 5) is 0. The highest BCUT2D eigenvalue weighted by Gasteiger charge is 2.08. The Hall–Kier alpha value is -0.150. The van der Waals surface area contributed by atoms with Crippen LogP contribution in [0.2, 0.25) is 15.1 Å². The van der Waals surface area contributed by atoms with E-state index in [-0.39, 0.29) is 0 Å². The van der Waals surface area contributed by atoms with E-state index in [9.17, 15) is 0 Å².